The van der Waals surface area contributed by atoms with E-state index in [9.17, 15) is 9.59 Å². The van der Waals surface area contributed by atoms with Crippen molar-refractivity contribution in [2.75, 3.05) is 12.3 Å². The summed E-state index contributed by atoms with van der Waals surface area (Å²) in [6.45, 7) is 9.05. The molecule has 1 aliphatic heterocycles. The number of nitrogens with zero attached hydrogens (tertiary/aromatic N) is 4. The molecule has 0 radical (unpaired) electrons. The fraction of sp³-hybridized carbons (Fsp3) is 0.360. The molecule has 2 heterocycles. The molecule has 2 amide bonds. The Labute approximate surface area is 193 Å². The Kier molecular flexibility index (Phi) is 6.20. The first-order valence-electron chi connectivity index (χ1n) is 10.8. The molecule has 1 aromatic heterocycles. The van der Waals surface area contributed by atoms with Crippen LogP contribution < -0.4 is 0 Å². The monoisotopic (exact) mass is 448 g/mol. The van der Waals surface area contributed by atoms with Gasteiger partial charge >= 0.3 is 0 Å². The minimum atomic E-state index is -0.0874. The summed E-state index contributed by atoms with van der Waals surface area (Å²) in [5, 5.41) is 9.74. The number of rotatable bonds is 6. The molecule has 0 aliphatic carbocycles. The van der Waals surface area contributed by atoms with Crippen LogP contribution >= 0.6 is 11.8 Å². The maximum Gasteiger partial charge on any atom is 0.229 e. The third kappa shape index (κ3) is 4.48. The molecule has 0 atom stereocenters. The summed E-state index contributed by atoms with van der Waals surface area (Å²) >= 11 is 1.51. The average molecular weight is 449 g/mol. The van der Waals surface area contributed by atoms with Crippen molar-refractivity contribution in [3.05, 3.63) is 59.7 Å². The molecular weight excluding hydrogens is 420 g/mol. The third-order valence-electron chi connectivity index (χ3n) is 5.70. The van der Waals surface area contributed by atoms with Crippen molar-refractivity contribution in [2.45, 2.75) is 51.1 Å². The lowest BCUT2D eigenvalue weighted by Crippen LogP contribution is -2.31. The largest absolute Gasteiger partial charge is 0.282 e. The number of aryl methyl sites for hydroxylation is 1. The summed E-state index contributed by atoms with van der Waals surface area (Å²) in [4.78, 5) is 25.2. The standard InChI is InChI=1S/C25H28N4O2S/c1-17-7-5-6-8-20(17)29-23(18-9-11-19(12-10-18)25(2,3)4)26-27-24(29)32-16-15-28-21(30)13-14-22(28)31/h5-12H,13-16H2,1-4H3. The van der Waals surface area contributed by atoms with Crippen LogP contribution in [0.5, 0.6) is 0 Å². The minimum absolute atomic E-state index is 0.0771. The highest BCUT2D eigenvalue weighted by Gasteiger charge is 2.28. The number of hydrogen-bond acceptors (Lipinski definition) is 5. The molecule has 3 aromatic rings. The topological polar surface area (TPSA) is 68.1 Å². The number of carbonyl (C=O) groups excluding carboxylic acids is 2. The summed E-state index contributed by atoms with van der Waals surface area (Å²) < 4.78 is 2.07. The van der Waals surface area contributed by atoms with Crippen molar-refractivity contribution in [1.82, 2.24) is 19.7 Å². The van der Waals surface area contributed by atoms with Gasteiger partial charge in [0.2, 0.25) is 11.8 Å². The Morgan fingerprint density at radius 1 is 0.938 bits per heavy atom. The zero-order valence-corrected chi connectivity index (χ0v) is 19.8. The molecule has 0 unspecified atom stereocenters. The second-order valence-corrected chi connectivity index (χ2v) is 10.1. The van der Waals surface area contributed by atoms with Crippen LogP contribution in [0.25, 0.3) is 17.1 Å². The van der Waals surface area contributed by atoms with Gasteiger partial charge < -0.3 is 0 Å². The second-order valence-electron chi connectivity index (χ2n) is 9.04. The number of hydrogen-bond donors (Lipinski definition) is 0. The fourth-order valence-electron chi connectivity index (χ4n) is 3.80. The Bertz CT molecular complexity index is 1130. The number of likely N-dealkylation sites (tertiary alicyclic amines) is 1. The highest BCUT2D eigenvalue weighted by atomic mass is 32.2. The summed E-state index contributed by atoms with van der Waals surface area (Å²) in [6, 6.07) is 16.6. The Morgan fingerprint density at radius 3 is 2.22 bits per heavy atom. The predicted molar refractivity (Wildman–Crippen MR) is 127 cm³/mol. The first-order valence-corrected chi connectivity index (χ1v) is 11.8. The van der Waals surface area contributed by atoms with Crippen molar-refractivity contribution in [2.24, 2.45) is 0 Å². The molecule has 0 bridgehead atoms. The minimum Gasteiger partial charge on any atom is -0.282 e. The smallest absolute Gasteiger partial charge is 0.229 e. The molecule has 166 valence electrons. The normalized spacial score (nSPS) is 14.4. The van der Waals surface area contributed by atoms with Gasteiger partial charge in [-0.3, -0.25) is 19.1 Å². The first kappa shape index (κ1) is 22.3. The fourth-order valence-corrected chi connectivity index (χ4v) is 4.67. The Hall–Kier alpha value is -2.93. The second kappa shape index (κ2) is 8.90. The van der Waals surface area contributed by atoms with Crippen molar-refractivity contribution in [1.29, 1.82) is 0 Å². The number of amides is 2. The maximum atomic E-state index is 11.9. The quantitative estimate of drug-likeness (QED) is 0.401. The summed E-state index contributed by atoms with van der Waals surface area (Å²) in [5.41, 5.74) is 4.46. The van der Waals surface area contributed by atoms with Crippen LogP contribution in [0.15, 0.2) is 53.7 Å². The highest BCUT2D eigenvalue weighted by Crippen LogP contribution is 2.31. The van der Waals surface area contributed by atoms with Crippen LogP contribution in [0.2, 0.25) is 0 Å². The number of benzene rings is 2. The van der Waals surface area contributed by atoms with Crippen LogP contribution in [0, 0.1) is 6.92 Å². The van der Waals surface area contributed by atoms with E-state index in [0.717, 1.165) is 27.8 Å². The number of thioether (sulfide) groups is 1. The molecule has 7 heteroatoms. The van der Waals surface area contributed by atoms with Gasteiger partial charge in [0.25, 0.3) is 0 Å². The van der Waals surface area contributed by atoms with E-state index in [-0.39, 0.29) is 17.2 Å². The van der Waals surface area contributed by atoms with E-state index in [1.165, 1.54) is 22.2 Å². The zero-order valence-electron chi connectivity index (χ0n) is 19.0. The molecule has 4 rings (SSSR count). The maximum absolute atomic E-state index is 11.9. The lowest BCUT2D eigenvalue weighted by molar-refractivity contribution is -0.137. The molecule has 1 aliphatic rings. The van der Waals surface area contributed by atoms with Gasteiger partial charge in [-0.05, 0) is 29.5 Å². The van der Waals surface area contributed by atoms with E-state index in [0.29, 0.717) is 25.1 Å². The van der Waals surface area contributed by atoms with E-state index in [1.807, 2.05) is 12.1 Å². The van der Waals surface area contributed by atoms with E-state index >= 15 is 0 Å². The number of aromatic nitrogens is 3. The highest BCUT2D eigenvalue weighted by molar-refractivity contribution is 7.99. The third-order valence-corrected chi connectivity index (χ3v) is 6.61. The van der Waals surface area contributed by atoms with E-state index < -0.39 is 0 Å². The van der Waals surface area contributed by atoms with E-state index in [4.69, 9.17) is 0 Å². The molecule has 0 saturated carbocycles. The van der Waals surface area contributed by atoms with Crippen LogP contribution in [-0.2, 0) is 15.0 Å². The number of imide groups is 1. The number of carbonyl (C=O) groups is 2. The van der Waals surface area contributed by atoms with Gasteiger partial charge in [-0.2, -0.15) is 0 Å². The van der Waals surface area contributed by atoms with Crippen LogP contribution in [0.1, 0.15) is 44.7 Å². The Morgan fingerprint density at radius 2 is 1.59 bits per heavy atom. The van der Waals surface area contributed by atoms with E-state index in [2.05, 4.69) is 78.9 Å². The molecule has 0 spiro atoms. The first-order chi connectivity index (χ1) is 15.3. The van der Waals surface area contributed by atoms with Gasteiger partial charge in [0, 0.05) is 30.7 Å². The Balaban J connectivity index is 1.66. The van der Waals surface area contributed by atoms with Crippen molar-refractivity contribution in [3.63, 3.8) is 0 Å². The molecule has 1 saturated heterocycles. The molecular formula is C25H28N4O2S. The SMILES string of the molecule is Cc1ccccc1-n1c(SCCN2C(=O)CCC2=O)nnc1-c1ccc(C(C)(C)C)cc1. The lowest BCUT2D eigenvalue weighted by Gasteiger charge is -2.19. The van der Waals surface area contributed by atoms with Crippen molar-refractivity contribution >= 4 is 23.6 Å². The van der Waals surface area contributed by atoms with Gasteiger partial charge in [-0.1, -0.05) is 75.0 Å². The van der Waals surface area contributed by atoms with Gasteiger partial charge in [0.05, 0.1) is 5.69 Å². The molecule has 0 N–H and O–H groups in total. The summed E-state index contributed by atoms with van der Waals surface area (Å²) in [6.07, 6.45) is 0.634. The average Bonchev–Trinajstić information content (AvgIpc) is 3.32. The molecule has 1 fully saturated rings. The van der Waals surface area contributed by atoms with Gasteiger partial charge in [-0.25, -0.2) is 0 Å². The lowest BCUT2D eigenvalue weighted by atomic mass is 9.87. The van der Waals surface area contributed by atoms with Gasteiger partial charge in [-0.15, -0.1) is 10.2 Å². The predicted octanol–water partition coefficient (Wildman–Crippen LogP) is 4.78. The number of para-hydroxylation sites is 1. The zero-order chi connectivity index (χ0) is 22.9. The van der Waals surface area contributed by atoms with Crippen molar-refractivity contribution in [3.8, 4) is 17.1 Å². The van der Waals surface area contributed by atoms with Crippen LogP contribution in [-0.4, -0.2) is 43.8 Å². The molecule has 6 nitrogen and oxygen atoms in total. The van der Waals surface area contributed by atoms with Crippen LogP contribution in [0.4, 0.5) is 0 Å². The summed E-state index contributed by atoms with van der Waals surface area (Å²) in [7, 11) is 0. The van der Waals surface area contributed by atoms with Crippen molar-refractivity contribution < 1.29 is 9.59 Å². The van der Waals surface area contributed by atoms with Gasteiger partial charge in [0.15, 0.2) is 11.0 Å². The van der Waals surface area contributed by atoms with Crippen LogP contribution in [0.3, 0.4) is 0 Å². The van der Waals surface area contributed by atoms with E-state index in [1.54, 1.807) is 0 Å². The molecule has 32 heavy (non-hydrogen) atoms. The summed E-state index contributed by atoms with van der Waals surface area (Å²) in [5.74, 6) is 1.17. The molecule has 2 aromatic carbocycles. The van der Waals surface area contributed by atoms with Gasteiger partial charge in [0.1, 0.15) is 0 Å².